The highest BCUT2D eigenvalue weighted by Gasteiger charge is 2.26. The van der Waals surface area contributed by atoms with Gasteiger partial charge in [0.05, 0.1) is 12.5 Å². The second-order valence-corrected chi connectivity index (χ2v) is 8.49. The Labute approximate surface area is 203 Å². The molecule has 9 heteroatoms. The lowest BCUT2D eigenvalue weighted by Gasteiger charge is -2.35. The number of carbonyl (C=O) groups is 3. The molecule has 0 radical (unpaired) electrons. The van der Waals surface area contributed by atoms with E-state index in [0.29, 0.717) is 47.5 Å². The van der Waals surface area contributed by atoms with E-state index in [4.69, 9.17) is 28.5 Å². The van der Waals surface area contributed by atoms with Crippen LogP contribution in [0.15, 0.2) is 48.5 Å². The van der Waals surface area contributed by atoms with Crippen LogP contribution in [-0.2, 0) is 9.59 Å². The van der Waals surface area contributed by atoms with E-state index in [-0.39, 0.29) is 43.5 Å². The third-order valence-corrected chi connectivity index (χ3v) is 5.83. The normalized spacial score (nSPS) is 13.4. The molecule has 1 fully saturated rings. The molecule has 0 atom stereocenters. The van der Waals surface area contributed by atoms with Gasteiger partial charge in [-0.15, -0.1) is 0 Å². The molecule has 2 aromatic carbocycles. The van der Waals surface area contributed by atoms with Crippen molar-refractivity contribution in [2.75, 3.05) is 37.6 Å². The van der Waals surface area contributed by atoms with E-state index in [1.165, 1.54) is 0 Å². The van der Waals surface area contributed by atoms with Gasteiger partial charge < -0.3 is 14.7 Å². The summed E-state index contributed by atoms with van der Waals surface area (Å²) in [5, 5.41) is 9.69. The van der Waals surface area contributed by atoms with Crippen LogP contribution in [0.5, 0.6) is 0 Å². The van der Waals surface area contributed by atoms with E-state index in [1.54, 1.807) is 45.0 Å². The molecule has 7 nitrogen and oxygen atoms in total. The van der Waals surface area contributed by atoms with Crippen molar-refractivity contribution < 1.29 is 14.4 Å². The first kappa shape index (κ1) is 24.6. The van der Waals surface area contributed by atoms with Crippen molar-refractivity contribution in [3.05, 3.63) is 64.1 Å². The van der Waals surface area contributed by atoms with E-state index in [2.05, 4.69) is 6.07 Å². The van der Waals surface area contributed by atoms with Crippen LogP contribution >= 0.6 is 23.2 Å². The molecular weight excluding hydrogens is 463 g/mol. The number of carbonyl (C=O) groups excluding carboxylic acids is 3. The van der Waals surface area contributed by atoms with Crippen LogP contribution in [0.2, 0.25) is 10.0 Å². The average Bonchev–Trinajstić information content (AvgIpc) is 2.82. The molecule has 0 aromatic heterocycles. The van der Waals surface area contributed by atoms with Gasteiger partial charge in [0, 0.05) is 66.9 Å². The molecule has 1 aliphatic heterocycles. The number of benzene rings is 2. The highest BCUT2D eigenvalue weighted by atomic mass is 35.5. The quantitative estimate of drug-likeness (QED) is 0.591. The van der Waals surface area contributed by atoms with E-state index in [1.807, 2.05) is 18.2 Å². The summed E-state index contributed by atoms with van der Waals surface area (Å²) in [6.07, 6.45) is 0.342. The van der Waals surface area contributed by atoms with Crippen LogP contribution < -0.4 is 4.90 Å². The first-order valence-electron chi connectivity index (χ1n) is 10.6. The number of para-hydroxylation sites is 1. The minimum atomic E-state index is -0.198. The number of nitrogens with zero attached hydrogens (tertiary/aromatic N) is 4. The van der Waals surface area contributed by atoms with Gasteiger partial charge >= 0.3 is 0 Å². The van der Waals surface area contributed by atoms with Crippen LogP contribution in [0.1, 0.15) is 29.6 Å². The topological polar surface area (TPSA) is 84.7 Å². The van der Waals surface area contributed by atoms with E-state index < -0.39 is 0 Å². The van der Waals surface area contributed by atoms with E-state index in [9.17, 15) is 14.4 Å². The molecule has 1 heterocycles. The van der Waals surface area contributed by atoms with Crippen molar-refractivity contribution in [2.45, 2.75) is 19.3 Å². The molecular formula is C24H24Cl2N4O3. The molecule has 0 unspecified atom stereocenters. The Morgan fingerprint density at radius 1 is 0.909 bits per heavy atom. The van der Waals surface area contributed by atoms with Crippen molar-refractivity contribution in [3.63, 3.8) is 0 Å². The highest BCUT2D eigenvalue weighted by molar-refractivity contribution is 6.35. The Hall–Kier alpha value is -3.08. The van der Waals surface area contributed by atoms with Crippen LogP contribution in [0.3, 0.4) is 0 Å². The lowest BCUT2D eigenvalue weighted by atomic mass is 10.1. The summed E-state index contributed by atoms with van der Waals surface area (Å²) in [6, 6.07) is 15.9. The Bertz CT molecular complexity index is 1030. The second kappa shape index (κ2) is 11.7. The zero-order chi connectivity index (χ0) is 23.8. The number of hydrogen-bond acceptors (Lipinski definition) is 4. The standard InChI is InChI=1S/C24H24Cl2N4O3/c25-19-15-18(16-20(26)17-19)24(33)29-13-11-28(12-14-29)22(31)7-8-23(32)30(10-4-9-27)21-5-2-1-3-6-21/h1-3,5-6,15-17H,4,7-8,10-14H2. The molecule has 172 valence electrons. The number of hydrogen-bond donors (Lipinski definition) is 0. The maximum Gasteiger partial charge on any atom is 0.254 e. The maximum atomic E-state index is 12.8. The number of piperazine rings is 1. The predicted molar refractivity (Wildman–Crippen MR) is 127 cm³/mol. The highest BCUT2D eigenvalue weighted by Crippen LogP contribution is 2.21. The maximum absolute atomic E-state index is 12.8. The van der Waals surface area contributed by atoms with Gasteiger partial charge in [0.1, 0.15) is 0 Å². The van der Waals surface area contributed by atoms with E-state index >= 15 is 0 Å². The van der Waals surface area contributed by atoms with Gasteiger partial charge in [-0.1, -0.05) is 41.4 Å². The molecule has 3 amide bonds. The molecule has 3 rings (SSSR count). The minimum absolute atomic E-state index is 0.0549. The first-order valence-corrected chi connectivity index (χ1v) is 11.4. The van der Waals surface area contributed by atoms with Crippen molar-refractivity contribution in [2.24, 2.45) is 0 Å². The van der Waals surface area contributed by atoms with Gasteiger partial charge in [0.15, 0.2) is 0 Å². The zero-order valence-corrected chi connectivity index (χ0v) is 19.6. The summed E-state index contributed by atoms with van der Waals surface area (Å²) in [5.74, 6) is -0.510. The molecule has 1 saturated heterocycles. The number of rotatable bonds is 7. The van der Waals surface area contributed by atoms with Gasteiger partial charge in [0.2, 0.25) is 11.8 Å². The van der Waals surface area contributed by atoms with Crippen LogP contribution in [0.4, 0.5) is 5.69 Å². The van der Waals surface area contributed by atoms with Gasteiger partial charge in [-0.3, -0.25) is 14.4 Å². The lowest BCUT2D eigenvalue weighted by Crippen LogP contribution is -2.50. The first-order chi connectivity index (χ1) is 15.9. The summed E-state index contributed by atoms with van der Waals surface area (Å²) >= 11 is 12.0. The Balaban J connectivity index is 1.51. The average molecular weight is 487 g/mol. The molecule has 1 aliphatic rings. The van der Waals surface area contributed by atoms with Crippen LogP contribution in [0.25, 0.3) is 0 Å². The monoisotopic (exact) mass is 486 g/mol. The van der Waals surface area contributed by atoms with Gasteiger partial charge in [-0.2, -0.15) is 5.26 Å². The fourth-order valence-corrected chi connectivity index (χ4v) is 4.22. The molecule has 0 N–H and O–H groups in total. The lowest BCUT2D eigenvalue weighted by molar-refractivity contribution is -0.134. The van der Waals surface area contributed by atoms with Crippen LogP contribution in [0, 0.1) is 11.3 Å². The molecule has 33 heavy (non-hydrogen) atoms. The van der Waals surface area contributed by atoms with Crippen LogP contribution in [-0.4, -0.2) is 60.2 Å². The van der Waals surface area contributed by atoms with Crippen molar-refractivity contribution in [1.82, 2.24) is 9.80 Å². The second-order valence-electron chi connectivity index (χ2n) is 7.62. The van der Waals surface area contributed by atoms with Gasteiger partial charge in [0.25, 0.3) is 5.91 Å². The van der Waals surface area contributed by atoms with E-state index in [0.717, 1.165) is 0 Å². The largest absolute Gasteiger partial charge is 0.339 e. The summed E-state index contributed by atoms with van der Waals surface area (Å²) in [5.41, 5.74) is 1.12. The molecule has 0 spiro atoms. The Morgan fingerprint density at radius 3 is 2.12 bits per heavy atom. The number of nitriles is 1. The zero-order valence-electron chi connectivity index (χ0n) is 18.0. The fourth-order valence-electron chi connectivity index (χ4n) is 3.69. The number of amides is 3. The number of halogens is 2. The van der Waals surface area contributed by atoms with Crippen molar-refractivity contribution in [1.29, 1.82) is 5.26 Å². The molecule has 0 bridgehead atoms. The number of anilines is 1. The predicted octanol–water partition coefficient (Wildman–Crippen LogP) is 4.00. The van der Waals surface area contributed by atoms with Gasteiger partial charge in [-0.25, -0.2) is 0 Å². The Kier molecular flexibility index (Phi) is 8.70. The molecule has 0 aliphatic carbocycles. The fraction of sp³-hybridized carbons (Fsp3) is 0.333. The molecule has 2 aromatic rings. The Morgan fingerprint density at radius 2 is 1.52 bits per heavy atom. The van der Waals surface area contributed by atoms with Crippen molar-refractivity contribution >= 4 is 46.6 Å². The molecule has 0 saturated carbocycles. The minimum Gasteiger partial charge on any atom is -0.339 e. The SMILES string of the molecule is N#CCCN(C(=O)CCC(=O)N1CCN(C(=O)c2cc(Cl)cc(Cl)c2)CC1)c1ccccc1. The van der Waals surface area contributed by atoms with Gasteiger partial charge in [-0.05, 0) is 30.3 Å². The summed E-state index contributed by atoms with van der Waals surface area (Å²) in [6.45, 7) is 1.84. The smallest absolute Gasteiger partial charge is 0.254 e. The summed E-state index contributed by atoms with van der Waals surface area (Å²) < 4.78 is 0. The third-order valence-electron chi connectivity index (χ3n) is 5.40. The summed E-state index contributed by atoms with van der Waals surface area (Å²) in [7, 11) is 0. The van der Waals surface area contributed by atoms with Crippen molar-refractivity contribution in [3.8, 4) is 6.07 Å². The summed E-state index contributed by atoms with van der Waals surface area (Å²) in [4.78, 5) is 43.0. The third kappa shape index (κ3) is 6.70.